The van der Waals surface area contributed by atoms with Gasteiger partial charge in [0.25, 0.3) is 0 Å². The molecule has 0 atom stereocenters. The molecule has 4 heteroatoms. The van der Waals surface area contributed by atoms with E-state index >= 15 is 0 Å². The Labute approximate surface area is 82.8 Å². The molecule has 0 aliphatic rings. The van der Waals surface area contributed by atoms with Crippen LogP contribution < -0.4 is 34.9 Å². The molecule has 0 aliphatic carbocycles. The predicted octanol–water partition coefficient (Wildman–Crippen LogP) is -2.47. The van der Waals surface area contributed by atoms with Gasteiger partial charge in [-0.05, 0) is 6.20 Å². The Morgan fingerprint density at radius 3 is 2.67 bits per heavy atom. The number of hydrogen-bond acceptors (Lipinski definition) is 2. The van der Waals surface area contributed by atoms with Crippen molar-refractivity contribution in [2.75, 3.05) is 0 Å². The van der Waals surface area contributed by atoms with Crippen LogP contribution in [0.25, 0.3) is 0 Å². The van der Waals surface area contributed by atoms with Crippen LogP contribution in [-0.2, 0) is 17.4 Å². The molecule has 1 N–H and O–H groups in total. The van der Waals surface area contributed by atoms with Crippen molar-refractivity contribution in [1.29, 1.82) is 0 Å². The monoisotopic (exact) mass is 153 g/mol. The van der Waals surface area contributed by atoms with Gasteiger partial charge < -0.3 is 17.9 Å². The van der Waals surface area contributed by atoms with Crippen molar-refractivity contribution in [1.82, 2.24) is 5.32 Å². The summed E-state index contributed by atoms with van der Waals surface area (Å²) in [4.78, 5) is 10.4. The van der Waals surface area contributed by atoms with Gasteiger partial charge in [0.1, 0.15) is 0 Å². The molecule has 0 aromatic heterocycles. The molecule has 0 unspecified atom stereocenters. The second-order valence-corrected chi connectivity index (χ2v) is 1.50. The summed E-state index contributed by atoms with van der Waals surface area (Å²) < 4.78 is 0. The Balaban J connectivity index is 0. The van der Waals surface area contributed by atoms with Gasteiger partial charge >= 0.3 is 29.6 Å². The van der Waals surface area contributed by atoms with E-state index in [0.717, 1.165) is 0 Å². The van der Waals surface area contributed by atoms with Gasteiger partial charge in [-0.1, -0.05) is 6.92 Å². The fourth-order valence-electron chi connectivity index (χ4n) is 0.229. The molecule has 0 fully saturated rings. The maximum absolute atomic E-state index is 10.4. The molecule has 0 spiro atoms. The molecule has 1 amide bonds. The van der Waals surface area contributed by atoms with Gasteiger partial charge in [0.15, 0.2) is 0 Å². The zero-order valence-corrected chi connectivity index (χ0v) is 8.49. The number of amides is 1. The summed E-state index contributed by atoms with van der Waals surface area (Å²) in [6.45, 7) is 1.78. The quantitative estimate of drug-likeness (QED) is 0.352. The van der Waals surface area contributed by atoms with Crippen LogP contribution in [0.5, 0.6) is 0 Å². The zero-order valence-electron chi connectivity index (χ0n) is 5.68. The Hall–Kier alpha value is 0.430. The molecular weight excluding hydrogens is 145 g/mol. The first-order valence-corrected chi connectivity index (χ1v) is 2.84. The number of carbonyl (C=O) groups excluding carboxylic acids is 1. The smallest absolute Gasteiger partial charge is 0.786 e. The van der Waals surface area contributed by atoms with Gasteiger partial charge in [-0.25, -0.2) is 0 Å². The SMILES string of the molecule is CCC(=O)N/C=C/[S-].[Na+]. The van der Waals surface area contributed by atoms with E-state index in [9.17, 15) is 4.79 Å². The first kappa shape index (κ1) is 12.1. The van der Waals surface area contributed by atoms with Gasteiger partial charge in [-0.2, -0.15) is 5.41 Å². The molecule has 2 nitrogen and oxygen atoms in total. The standard InChI is InChI=1S/C5H9NOS.Na/c1-2-5(7)6-3-4-8;/h3-4,8H,2H2,1H3,(H,6,7);/q;+1/p-1/b4-3+;. The van der Waals surface area contributed by atoms with Crippen LogP contribution in [-0.4, -0.2) is 5.91 Å². The van der Waals surface area contributed by atoms with E-state index in [4.69, 9.17) is 0 Å². The van der Waals surface area contributed by atoms with Gasteiger partial charge in [0, 0.05) is 6.42 Å². The summed E-state index contributed by atoms with van der Waals surface area (Å²) in [5, 5.41) is 3.83. The van der Waals surface area contributed by atoms with Crippen molar-refractivity contribution in [3.8, 4) is 0 Å². The van der Waals surface area contributed by atoms with Crippen molar-refractivity contribution in [3.05, 3.63) is 11.6 Å². The summed E-state index contributed by atoms with van der Waals surface area (Å²) in [5.41, 5.74) is 0. The minimum absolute atomic E-state index is 0. The number of hydrogen-bond donors (Lipinski definition) is 1. The second kappa shape index (κ2) is 8.43. The number of rotatable bonds is 2. The van der Waals surface area contributed by atoms with Crippen LogP contribution in [0.15, 0.2) is 11.6 Å². The van der Waals surface area contributed by atoms with Crippen LogP contribution in [0, 0.1) is 0 Å². The maximum atomic E-state index is 10.4. The first-order valence-electron chi connectivity index (χ1n) is 2.37. The van der Waals surface area contributed by atoms with Crippen LogP contribution >= 0.6 is 0 Å². The van der Waals surface area contributed by atoms with Crippen molar-refractivity contribution >= 4 is 18.5 Å². The van der Waals surface area contributed by atoms with Crippen molar-refractivity contribution in [2.45, 2.75) is 13.3 Å². The predicted molar refractivity (Wildman–Crippen MR) is 34.9 cm³/mol. The fourth-order valence-corrected chi connectivity index (χ4v) is 0.297. The van der Waals surface area contributed by atoms with Gasteiger partial charge in [0.2, 0.25) is 5.91 Å². The summed E-state index contributed by atoms with van der Waals surface area (Å²) in [5.74, 6) is -0.00824. The fraction of sp³-hybridized carbons (Fsp3) is 0.400. The maximum Gasteiger partial charge on any atom is 1.00 e. The second-order valence-electron chi connectivity index (χ2n) is 1.22. The molecule has 0 heterocycles. The Morgan fingerprint density at radius 2 is 2.33 bits per heavy atom. The Morgan fingerprint density at radius 1 is 1.78 bits per heavy atom. The minimum atomic E-state index is -0.00824. The molecule has 0 bridgehead atoms. The molecule has 46 valence electrons. The van der Waals surface area contributed by atoms with E-state index in [1.165, 1.54) is 11.6 Å². The van der Waals surface area contributed by atoms with Crippen LogP contribution in [0.2, 0.25) is 0 Å². The van der Waals surface area contributed by atoms with Gasteiger partial charge in [-0.3, -0.25) is 4.79 Å². The largest absolute Gasteiger partial charge is 1.00 e. The molecule has 0 radical (unpaired) electrons. The Bertz CT molecular complexity index is 105. The average Bonchev–Trinajstić information content (AvgIpc) is 1.83. The molecule has 9 heavy (non-hydrogen) atoms. The van der Waals surface area contributed by atoms with E-state index in [1.54, 1.807) is 6.92 Å². The normalized spacial score (nSPS) is 8.56. The van der Waals surface area contributed by atoms with Crippen molar-refractivity contribution in [3.63, 3.8) is 0 Å². The van der Waals surface area contributed by atoms with Crippen molar-refractivity contribution in [2.24, 2.45) is 0 Å². The van der Waals surface area contributed by atoms with Crippen LogP contribution in [0.1, 0.15) is 13.3 Å². The number of nitrogens with one attached hydrogen (secondary N) is 1. The zero-order chi connectivity index (χ0) is 6.41. The van der Waals surface area contributed by atoms with E-state index in [-0.39, 0.29) is 35.5 Å². The van der Waals surface area contributed by atoms with E-state index in [0.29, 0.717) is 6.42 Å². The average molecular weight is 153 g/mol. The molecular formula is C5H8NNaOS. The third-order valence-electron chi connectivity index (χ3n) is 0.633. The molecule has 0 rings (SSSR count). The van der Waals surface area contributed by atoms with E-state index in [2.05, 4.69) is 17.9 Å². The van der Waals surface area contributed by atoms with E-state index < -0.39 is 0 Å². The third kappa shape index (κ3) is 8.43. The third-order valence-corrected chi connectivity index (χ3v) is 0.770. The summed E-state index contributed by atoms with van der Waals surface area (Å²) in [6, 6.07) is 0. The van der Waals surface area contributed by atoms with Gasteiger partial charge in [0.05, 0.1) is 0 Å². The molecule has 0 aromatic carbocycles. The van der Waals surface area contributed by atoms with E-state index in [1.807, 2.05) is 0 Å². The molecule has 0 saturated carbocycles. The van der Waals surface area contributed by atoms with Gasteiger partial charge in [-0.15, -0.1) is 0 Å². The van der Waals surface area contributed by atoms with Crippen LogP contribution in [0.4, 0.5) is 0 Å². The van der Waals surface area contributed by atoms with Crippen molar-refractivity contribution < 1.29 is 34.4 Å². The summed E-state index contributed by atoms with van der Waals surface area (Å²) in [7, 11) is 0. The molecule has 0 aromatic rings. The Kier molecular flexibility index (Phi) is 11.4. The first-order chi connectivity index (χ1) is 3.81. The minimum Gasteiger partial charge on any atom is -0.786 e. The number of carbonyl (C=O) groups is 1. The molecule has 0 aliphatic heterocycles. The summed E-state index contributed by atoms with van der Waals surface area (Å²) in [6.07, 6.45) is 1.95. The summed E-state index contributed by atoms with van der Waals surface area (Å²) >= 11 is 4.42. The molecule has 0 saturated heterocycles. The topological polar surface area (TPSA) is 29.1 Å². The van der Waals surface area contributed by atoms with Crippen LogP contribution in [0.3, 0.4) is 0 Å².